The second-order valence-corrected chi connectivity index (χ2v) is 8.36. The van der Waals surface area contributed by atoms with Gasteiger partial charge in [-0.25, -0.2) is 0 Å². The van der Waals surface area contributed by atoms with Crippen LogP contribution in [-0.4, -0.2) is 49.3 Å². The number of rotatable bonds is 9. The average molecular weight is 465 g/mol. The van der Waals surface area contributed by atoms with Gasteiger partial charge in [-0.15, -0.1) is 0 Å². The lowest BCUT2D eigenvalue weighted by Crippen LogP contribution is -2.36. The minimum absolute atomic E-state index is 0.00974. The first kappa shape index (κ1) is 24.7. The Hall–Kier alpha value is -2.61. The van der Waals surface area contributed by atoms with Gasteiger partial charge in [0, 0.05) is 12.2 Å². The molecular formula is C22H26Cl2N4O3. The lowest BCUT2D eigenvalue weighted by atomic mass is 10.1. The highest BCUT2D eigenvalue weighted by Gasteiger charge is 2.15. The van der Waals surface area contributed by atoms with Crippen LogP contribution in [0.15, 0.2) is 42.5 Å². The number of hydrogen-bond acceptors (Lipinski definition) is 4. The fraction of sp³-hybridized carbons (Fsp3) is 0.318. The van der Waals surface area contributed by atoms with Crippen molar-refractivity contribution in [2.75, 3.05) is 37.3 Å². The molecule has 0 aliphatic heterocycles. The van der Waals surface area contributed by atoms with E-state index in [0.717, 1.165) is 0 Å². The quantitative estimate of drug-likeness (QED) is 0.524. The molecule has 7 nitrogen and oxygen atoms in total. The lowest BCUT2D eigenvalue weighted by Gasteiger charge is -2.17. The van der Waals surface area contributed by atoms with Gasteiger partial charge in [-0.05, 0) is 43.3 Å². The van der Waals surface area contributed by atoms with Crippen LogP contribution in [0.2, 0.25) is 10.0 Å². The number of amides is 3. The Morgan fingerprint density at radius 3 is 2.23 bits per heavy atom. The Morgan fingerprint density at radius 2 is 1.58 bits per heavy atom. The van der Waals surface area contributed by atoms with Crippen LogP contribution >= 0.6 is 23.2 Å². The van der Waals surface area contributed by atoms with Gasteiger partial charge < -0.3 is 16.0 Å². The van der Waals surface area contributed by atoms with Crippen LogP contribution < -0.4 is 16.0 Å². The lowest BCUT2D eigenvalue weighted by molar-refractivity contribution is -0.119. The molecule has 0 unspecified atom stereocenters. The summed E-state index contributed by atoms with van der Waals surface area (Å²) in [4.78, 5) is 38.6. The second-order valence-electron chi connectivity index (χ2n) is 7.55. The standard InChI is InChI=1S/C22H26Cl2N4O3/c1-14(2)11-25-22(31)16-6-4-5-7-19(16)27-21(30)13-28(3)12-20(29)26-15-8-9-17(23)18(24)10-15/h4-10,14H,11-13H2,1-3H3,(H,25,31)(H,26,29)(H,27,30). The molecular weight excluding hydrogens is 439 g/mol. The molecule has 2 aromatic rings. The number of nitrogens with one attached hydrogen (secondary N) is 3. The summed E-state index contributed by atoms with van der Waals surface area (Å²) in [6.45, 7) is 4.50. The molecule has 0 heterocycles. The Labute approximate surface area is 192 Å². The highest BCUT2D eigenvalue weighted by Crippen LogP contribution is 2.25. The highest BCUT2D eigenvalue weighted by atomic mass is 35.5. The molecule has 0 saturated heterocycles. The Morgan fingerprint density at radius 1 is 0.935 bits per heavy atom. The average Bonchev–Trinajstić information content (AvgIpc) is 2.69. The molecule has 3 N–H and O–H groups in total. The first-order valence-electron chi connectivity index (χ1n) is 9.76. The summed E-state index contributed by atoms with van der Waals surface area (Å²) >= 11 is 11.8. The van der Waals surface area contributed by atoms with Crippen molar-refractivity contribution in [2.45, 2.75) is 13.8 Å². The minimum Gasteiger partial charge on any atom is -0.352 e. The van der Waals surface area contributed by atoms with Gasteiger partial charge in [-0.3, -0.25) is 19.3 Å². The SMILES string of the molecule is CC(C)CNC(=O)c1ccccc1NC(=O)CN(C)CC(=O)Nc1ccc(Cl)c(Cl)c1. The number of anilines is 2. The molecule has 0 aliphatic carbocycles. The van der Waals surface area contributed by atoms with Crippen LogP contribution in [0.4, 0.5) is 11.4 Å². The Balaban J connectivity index is 1.90. The fourth-order valence-corrected chi connectivity index (χ4v) is 2.99. The topological polar surface area (TPSA) is 90.5 Å². The smallest absolute Gasteiger partial charge is 0.253 e. The fourth-order valence-electron chi connectivity index (χ4n) is 2.69. The molecule has 31 heavy (non-hydrogen) atoms. The van der Waals surface area contributed by atoms with Crippen molar-refractivity contribution in [3.8, 4) is 0 Å². The van der Waals surface area contributed by atoms with Gasteiger partial charge in [0.2, 0.25) is 11.8 Å². The van der Waals surface area contributed by atoms with E-state index in [-0.39, 0.29) is 30.8 Å². The van der Waals surface area contributed by atoms with Crippen molar-refractivity contribution in [3.63, 3.8) is 0 Å². The normalized spacial score (nSPS) is 10.8. The molecule has 166 valence electrons. The molecule has 0 aromatic heterocycles. The molecule has 0 spiro atoms. The summed E-state index contributed by atoms with van der Waals surface area (Å²) in [6.07, 6.45) is 0. The van der Waals surface area contributed by atoms with Gasteiger partial charge in [-0.1, -0.05) is 49.2 Å². The van der Waals surface area contributed by atoms with Crippen LogP contribution in [0.25, 0.3) is 0 Å². The number of hydrogen-bond donors (Lipinski definition) is 3. The van der Waals surface area contributed by atoms with Crippen molar-refractivity contribution in [1.29, 1.82) is 0 Å². The van der Waals surface area contributed by atoms with Gasteiger partial charge in [0.05, 0.1) is 34.4 Å². The van der Waals surface area contributed by atoms with E-state index in [4.69, 9.17) is 23.2 Å². The predicted molar refractivity (Wildman–Crippen MR) is 125 cm³/mol. The number of halogens is 2. The number of carbonyl (C=O) groups excluding carboxylic acids is 3. The van der Waals surface area contributed by atoms with Crippen LogP contribution in [0, 0.1) is 5.92 Å². The van der Waals surface area contributed by atoms with Crippen molar-refractivity contribution < 1.29 is 14.4 Å². The first-order valence-corrected chi connectivity index (χ1v) is 10.5. The molecule has 0 bridgehead atoms. The third-order valence-electron chi connectivity index (χ3n) is 4.15. The monoisotopic (exact) mass is 464 g/mol. The summed E-state index contributed by atoms with van der Waals surface area (Å²) in [5.41, 5.74) is 1.32. The van der Waals surface area contributed by atoms with Gasteiger partial charge in [0.25, 0.3) is 5.91 Å². The highest BCUT2D eigenvalue weighted by molar-refractivity contribution is 6.42. The molecule has 0 fully saturated rings. The van der Waals surface area contributed by atoms with Crippen LogP contribution in [0.5, 0.6) is 0 Å². The van der Waals surface area contributed by atoms with E-state index in [1.807, 2.05) is 13.8 Å². The van der Waals surface area contributed by atoms with E-state index >= 15 is 0 Å². The van der Waals surface area contributed by atoms with Gasteiger partial charge in [0.1, 0.15) is 0 Å². The summed E-state index contributed by atoms with van der Waals surface area (Å²) in [6, 6.07) is 11.6. The van der Waals surface area contributed by atoms with Gasteiger partial charge in [-0.2, -0.15) is 0 Å². The third kappa shape index (κ3) is 8.20. The molecule has 0 aliphatic rings. The number of para-hydroxylation sites is 1. The molecule has 2 aromatic carbocycles. The zero-order chi connectivity index (χ0) is 23.0. The molecule has 2 rings (SSSR count). The third-order valence-corrected chi connectivity index (χ3v) is 4.89. The second kappa shape index (κ2) is 11.7. The van der Waals surface area contributed by atoms with Crippen molar-refractivity contribution in [3.05, 3.63) is 58.1 Å². The minimum atomic E-state index is -0.339. The number of carbonyl (C=O) groups is 3. The van der Waals surface area contributed by atoms with Crippen molar-refractivity contribution >= 4 is 52.3 Å². The Bertz CT molecular complexity index is 950. The van der Waals surface area contributed by atoms with Crippen LogP contribution in [-0.2, 0) is 9.59 Å². The van der Waals surface area contributed by atoms with E-state index in [2.05, 4.69) is 16.0 Å². The largest absolute Gasteiger partial charge is 0.352 e. The zero-order valence-corrected chi connectivity index (χ0v) is 19.2. The van der Waals surface area contributed by atoms with E-state index < -0.39 is 0 Å². The van der Waals surface area contributed by atoms with E-state index in [0.29, 0.717) is 39.4 Å². The molecule has 0 radical (unpaired) electrons. The van der Waals surface area contributed by atoms with Crippen LogP contribution in [0.1, 0.15) is 24.2 Å². The summed E-state index contributed by atoms with van der Waals surface area (Å²) < 4.78 is 0. The number of benzene rings is 2. The van der Waals surface area contributed by atoms with Crippen molar-refractivity contribution in [1.82, 2.24) is 10.2 Å². The number of nitrogens with zero attached hydrogens (tertiary/aromatic N) is 1. The summed E-state index contributed by atoms with van der Waals surface area (Å²) in [5, 5.41) is 9.01. The maximum Gasteiger partial charge on any atom is 0.253 e. The van der Waals surface area contributed by atoms with E-state index in [9.17, 15) is 14.4 Å². The molecule has 9 heteroatoms. The zero-order valence-electron chi connectivity index (χ0n) is 17.7. The van der Waals surface area contributed by atoms with Gasteiger partial charge in [0.15, 0.2) is 0 Å². The van der Waals surface area contributed by atoms with E-state index in [1.54, 1.807) is 54.4 Å². The Kier molecular flexibility index (Phi) is 9.30. The first-order chi connectivity index (χ1) is 14.7. The predicted octanol–water partition coefficient (Wildman–Crippen LogP) is 3.89. The summed E-state index contributed by atoms with van der Waals surface area (Å²) in [7, 11) is 1.65. The van der Waals surface area contributed by atoms with Crippen molar-refractivity contribution in [2.24, 2.45) is 5.92 Å². The maximum atomic E-state index is 12.4. The molecule has 0 saturated carbocycles. The van der Waals surface area contributed by atoms with E-state index in [1.165, 1.54) is 0 Å². The summed E-state index contributed by atoms with van der Waals surface area (Å²) in [5.74, 6) is -0.579. The molecule has 0 atom stereocenters. The molecule has 3 amide bonds. The van der Waals surface area contributed by atoms with Crippen LogP contribution in [0.3, 0.4) is 0 Å². The maximum absolute atomic E-state index is 12.4. The van der Waals surface area contributed by atoms with Gasteiger partial charge >= 0.3 is 0 Å². The number of likely N-dealkylation sites (N-methyl/N-ethyl adjacent to an activating group) is 1.